The number of nitrogens with zero attached hydrogens (tertiary/aromatic N) is 2. The molecule has 6 nitrogen and oxygen atoms in total. The fraction of sp³-hybridized carbons (Fsp3) is 0.462. The van der Waals surface area contributed by atoms with Crippen molar-refractivity contribution in [1.29, 1.82) is 0 Å². The van der Waals surface area contributed by atoms with E-state index < -0.39 is 5.97 Å². The highest BCUT2D eigenvalue weighted by atomic mass is 32.1. The lowest BCUT2D eigenvalue weighted by molar-refractivity contribution is 0.0691. The maximum absolute atomic E-state index is 10.8. The molecule has 0 aliphatic heterocycles. The van der Waals surface area contributed by atoms with Gasteiger partial charge < -0.3 is 14.9 Å². The molecule has 0 spiro atoms. The standard InChI is InChI=1S/C13H17N3O3S/c1-7(2)10-4-9(19-16-10)5-14-8(3)12-15-11(6-20-12)13(17)18/h4,6-8,14H,5H2,1-3H3,(H,17,18). The molecule has 0 bridgehead atoms. The van der Waals surface area contributed by atoms with Crippen molar-refractivity contribution < 1.29 is 14.4 Å². The Kier molecular flexibility index (Phi) is 4.51. The van der Waals surface area contributed by atoms with Crippen LogP contribution in [-0.4, -0.2) is 21.2 Å². The van der Waals surface area contributed by atoms with Gasteiger partial charge in [0.05, 0.1) is 18.3 Å². The lowest BCUT2D eigenvalue weighted by Gasteiger charge is -2.08. The minimum atomic E-state index is -1.00. The van der Waals surface area contributed by atoms with Crippen LogP contribution in [0.1, 0.15) is 59.7 Å². The number of thiazole rings is 1. The summed E-state index contributed by atoms with van der Waals surface area (Å²) in [5, 5.41) is 18.4. The highest BCUT2D eigenvalue weighted by Crippen LogP contribution is 2.19. The second kappa shape index (κ2) is 6.15. The summed E-state index contributed by atoms with van der Waals surface area (Å²) in [4.78, 5) is 14.8. The summed E-state index contributed by atoms with van der Waals surface area (Å²) in [6.45, 7) is 6.58. The summed E-state index contributed by atoms with van der Waals surface area (Å²) >= 11 is 1.33. The van der Waals surface area contributed by atoms with Crippen LogP contribution < -0.4 is 5.32 Å². The summed E-state index contributed by atoms with van der Waals surface area (Å²) in [7, 11) is 0. The zero-order chi connectivity index (χ0) is 14.7. The van der Waals surface area contributed by atoms with Gasteiger partial charge in [0.2, 0.25) is 0 Å². The first-order valence-electron chi connectivity index (χ1n) is 6.35. The SMILES string of the molecule is CC(C)c1cc(CNC(C)c2nc(C(=O)O)cs2)on1. The molecule has 0 aliphatic rings. The molecule has 7 heteroatoms. The molecule has 2 N–H and O–H groups in total. The molecule has 2 aromatic heterocycles. The lowest BCUT2D eigenvalue weighted by Crippen LogP contribution is -2.17. The zero-order valence-electron chi connectivity index (χ0n) is 11.6. The third kappa shape index (κ3) is 3.43. The number of hydrogen-bond acceptors (Lipinski definition) is 6. The summed E-state index contributed by atoms with van der Waals surface area (Å²) in [6.07, 6.45) is 0. The molecular formula is C13H17N3O3S. The number of hydrogen-bond donors (Lipinski definition) is 2. The molecule has 0 fully saturated rings. The van der Waals surface area contributed by atoms with Crippen LogP contribution in [0.3, 0.4) is 0 Å². The van der Waals surface area contributed by atoms with Crippen molar-refractivity contribution in [1.82, 2.24) is 15.5 Å². The number of nitrogens with one attached hydrogen (secondary N) is 1. The van der Waals surface area contributed by atoms with Crippen molar-refractivity contribution in [2.45, 2.75) is 39.3 Å². The van der Waals surface area contributed by atoms with Crippen LogP contribution in [0.5, 0.6) is 0 Å². The van der Waals surface area contributed by atoms with Crippen molar-refractivity contribution in [2.75, 3.05) is 0 Å². The minimum absolute atomic E-state index is 0.0410. The first-order valence-corrected chi connectivity index (χ1v) is 7.23. The van der Waals surface area contributed by atoms with Gasteiger partial charge in [-0.3, -0.25) is 0 Å². The number of carboxylic acids is 1. The number of aromatic nitrogens is 2. The van der Waals surface area contributed by atoms with Crippen LogP contribution in [-0.2, 0) is 6.54 Å². The molecular weight excluding hydrogens is 278 g/mol. The third-order valence-corrected chi connectivity index (χ3v) is 3.89. The zero-order valence-corrected chi connectivity index (χ0v) is 12.4. The second-order valence-electron chi connectivity index (χ2n) is 4.85. The molecule has 0 radical (unpaired) electrons. The van der Waals surface area contributed by atoms with E-state index in [2.05, 4.69) is 29.3 Å². The fourth-order valence-corrected chi connectivity index (χ4v) is 2.43. The Labute approximate surface area is 120 Å². The Bertz CT molecular complexity index is 591. The van der Waals surface area contributed by atoms with E-state index in [-0.39, 0.29) is 11.7 Å². The monoisotopic (exact) mass is 295 g/mol. The van der Waals surface area contributed by atoms with Gasteiger partial charge in [-0.25, -0.2) is 9.78 Å². The number of aromatic carboxylic acids is 1. The van der Waals surface area contributed by atoms with Gasteiger partial charge in [0.1, 0.15) is 5.01 Å². The predicted molar refractivity (Wildman–Crippen MR) is 74.9 cm³/mol. The molecule has 0 aliphatic carbocycles. The molecule has 0 aromatic carbocycles. The number of carboxylic acid groups (broad SMARTS) is 1. The van der Waals surface area contributed by atoms with Gasteiger partial charge in [0, 0.05) is 11.4 Å². The van der Waals surface area contributed by atoms with Gasteiger partial charge in [-0.15, -0.1) is 11.3 Å². The van der Waals surface area contributed by atoms with Crippen molar-refractivity contribution in [3.05, 3.63) is 33.6 Å². The average Bonchev–Trinajstić information content (AvgIpc) is 3.05. The maximum atomic E-state index is 10.8. The van der Waals surface area contributed by atoms with Gasteiger partial charge in [-0.2, -0.15) is 0 Å². The normalized spacial score (nSPS) is 12.8. The third-order valence-electron chi connectivity index (χ3n) is 2.86. The molecule has 20 heavy (non-hydrogen) atoms. The molecule has 2 heterocycles. The Balaban J connectivity index is 1.93. The van der Waals surface area contributed by atoms with Crippen LogP contribution in [0.15, 0.2) is 16.0 Å². The lowest BCUT2D eigenvalue weighted by atomic mass is 10.1. The van der Waals surface area contributed by atoms with Crippen molar-refractivity contribution in [3.8, 4) is 0 Å². The highest BCUT2D eigenvalue weighted by molar-refractivity contribution is 7.09. The summed E-state index contributed by atoms with van der Waals surface area (Å²) in [6, 6.07) is 1.88. The van der Waals surface area contributed by atoms with E-state index in [9.17, 15) is 4.79 Å². The first kappa shape index (κ1) is 14.7. The molecule has 2 rings (SSSR count). The van der Waals surface area contributed by atoms with Crippen molar-refractivity contribution in [3.63, 3.8) is 0 Å². The van der Waals surface area contributed by atoms with Gasteiger partial charge >= 0.3 is 5.97 Å². The Morgan fingerprint density at radius 3 is 2.80 bits per heavy atom. The van der Waals surface area contributed by atoms with E-state index in [1.807, 2.05) is 13.0 Å². The highest BCUT2D eigenvalue weighted by Gasteiger charge is 2.14. The van der Waals surface area contributed by atoms with Gasteiger partial charge in [0.15, 0.2) is 11.5 Å². The maximum Gasteiger partial charge on any atom is 0.355 e. The van der Waals surface area contributed by atoms with Gasteiger partial charge in [-0.1, -0.05) is 19.0 Å². The van der Waals surface area contributed by atoms with E-state index in [0.717, 1.165) is 16.5 Å². The van der Waals surface area contributed by atoms with E-state index in [1.165, 1.54) is 11.3 Å². The topological polar surface area (TPSA) is 88.2 Å². The first-order chi connectivity index (χ1) is 9.47. The van der Waals surface area contributed by atoms with E-state index in [4.69, 9.17) is 9.63 Å². The minimum Gasteiger partial charge on any atom is -0.476 e. The molecule has 1 unspecified atom stereocenters. The van der Waals surface area contributed by atoms with Crippen LogP contribution in [0.4, 0.5) is 0 Å². The molecule has 108 valence electrons. The van der Waals surface area contributed by atoms with E-state index >= 15 is 0 Å². The number of rotatable bonds is 6. The Morgan fingerprint density at radius 1 is 1.50 bits per heavy atom. The van der Waals surface area contributed by atoms with Crippen LogP contribution in [0.2, 0.25) is 0 Å². The fourth-order valence-electron chi connectivity index (χ4n) is 1.61. The Hall–Kier alpha value is -1.73. The van der Waals surface area contributed by atoms with E-state index in [0.29, 0.717) is 12.5 Å². The second-order valence-corrected chi connectivity index (χ2v) is 5.74. The summed E-state index contributed by atoms with van der Waals surface area (Å²) in [5.74, 6) is 0.0917. The van der Waals surface area contributed by atoms with Crippen LogP contribution in [0, 0.1) is 0 Å². The van der Waals surface area contributed by atoms with Crippen LogP contribution >= 0.6 is 11.3 Å². The van der Waals surface area contributed by atoms with Gasteiger partial charge in [0.25, 0.3) is 0 Å². The predicted octanol–water partition coefficient (Wildman–Crippen LogP) is 2.80. The van der Waals surface area contributed by atoms with E-state index in [1.54, 1.807) is 5.38 Å². The summed E-state index contributed by atoms with van der Waals surface area (Å²) < 4.78 is 5.23. The molecule has 0 amide bonds. The van der Waals surface area contributed by atoms with Crippen LogP contribution in [0.25, 0.3) is 0 Å². The van der Waals surface area contributed by atoms with Crippen molar-refractivity contribution in [2.24, 2.45) is 0 Å². The molecule has 0 saturated carbocycles. The molecule has 1 atom stereocenters. The number of carbonyl (C=O) groups is 1. The average molecular weight is 295 g/mol. The molecule has 2 aromatic rings. The van der Waals surface area contributed by atoms with Gasteiger partial charge in [-0.05, 0) is 12.8 Å². The molecule has 0 saturated heterocycles. The summed E-state index contributed by atoms with van der Waals surface area (Å²) in [5.41, 5.74) is 1.01. The Morgan fingerprint density at radius 2 is 2.25 bits per heavy atom. The largest absolute Gasteiger partial charge is 0.476 e. The quantitative estimate of drug-likeness (QED) is 0.852. The smallest absolute Gasteiger partial charge is 0.355 e. The van der Waals surface area contributed by atoms with Crippen molar-refractivity contribution >= 4 is 17.3 Å².